The van der Waals surface area contributed by atoms with Crippen LogP contribution in [0.4, 0.5) is 11.4 Å². The molecule has 2 amide bonds. The Balaban J connectivity index is 1.39. The first-order chi connectivity index (χ1) is 19.9. The molecule has 0 radical (unpaired) electrons. The van der Waals surface area contributed by atoms with Crippen molar-refractivity contribution in [2.45, 2.75) is 65.3 Å². The molecule has 3 heterocycles. The Morgan fingerprint density at radius 3 is 2.44 bits per heavy atom. The summed E-state index contributed by atoms with van der Waals surface area (Å²) in [4.78, 5) is 41.8. The fourth-order valence-electron chi connectivity index (χ4n) is 5.19. The minimum Gasteiger partial charge on any atom is -0.404 e. The van der Waals surface area contributed by atoms with Gasteiger partial charge in [0.1, 0.15) is 0 Å². The van der Waals surface area contributed by atoms with Gasteiger partial charge >= 0.3 is 0 Å². The highest BCUT2D eigenvalue weighted by molar-refractivity contribution is 6.24. The van der Waals surface area contributed by atoms with Gasteiger partial charge in [0.25, 0.3) is 5.91 Å². The number of hydrogen-bond acceptors (Lipinski definition) is 7. The number of carbonyl (C=O) groups is 2. The van der Waals surface area contributed by atoms with Crippen molar-refractivity contribution in [3.05, 3.63) is 78.3 Å². The van der Waals surface area contributed by atoms with Gasteiger partial charge in [-0.25, -0.2) is 0 Å². The van der Waals surface area contributed by atoms with Crippen LogP contribution in [-0.2, 0) is 9.59 Å². The number of nitrogens with one attached hydrogen (secondary N) is 2. The number of aromatic nitrogens is 3. The number of nitrogens with two attached hydrogens (primary N) is 1. The number of amides is 2. The van der Waals surface area contributed by atoms with Crippen molar-refractivity contribution < 1.29 is 9.59 Å². The number of aryl methyl sites for hydroxylation is 1. The van der Waals surface area contributed by atoms with E-state index in [0.717, 1.165) is 25.1 Å². The molecule has 4 rings (SSSR count). The summed E-state index contributed by atoms with van der Waals surface area (Å²) in [7, 11) is 0. The van der Waals surface area contributed by atoms with Crippen LogP contribution in [0.1, 0.15) is 69.5 Å². The molecular formula is C32H41N7O2. The van der Waals surface area contributed by atoms with Gasteiger partial charge in [-0.05, 0) is 39.2 Å². The zero-order valence-electron chi connectivity index (χ0n) is 24.3. The number of hydrogen-bond donors (Lipinski definition) is 3. The third-order valence-electron chi connectivity index (χ3n) is 7.60. The van der Waals surface area contributed by atoms with Crippen molar-refractivity contribution in [3.8, 4) is 0 Å². The zero-order valence-corrected chi connectivity index (χ0v) is 24.3. The largest absolute Gasteiger partial charge is 0.404 e. The number of anilines is 2. The predicted molar refractivity (Wildman–Crippen MR) is 165 cm³/mol. The molecule has 9 nitrogen and oxygen atoms in total. The molecule has 2 aliphatic rings. The Hall–Kier alpha value is -4.11. The molecule has 1 saturated heterocycles. The van der Waals surface area contributed by atoms with Crippen molar-refractivity contribution in [2.24, 2.45) is 11.7 Å². The fraction of sp³-hybridized carbons (Fsp3) is 0.406. The van der Waals surface area contributed by atoms with Crippen molar-refractivity contribution in [1.82, 2.24) is 19.9 Å². The Bertz CT molecular complexity index is 1330. The van der Waals surface area contributed by atoms with Crippen LogP contribution in [0, 0.1) is 12.8 Å². The number of pyridine rings is 1. The van der Waals surface area contributed by atoms with Crippen molar-refractivity contribution in [1.29, 1.82) is 0 Å². The summed E-state index contributed by atoms with van der Waals surface area (Å²) in [5, 5.41) is 5.84. The lowest BCUT2D eigenvalue weighted by molar-refractivity contribution is -0.126. The lowest BCUT2D eigenvalue weighted by Gasteiger charge is -2.44. The second-order valence-corrected chi connectivity index (χ2v) is 10.6. The van der Waals surface area contributed by atoms with Gasteiger partial charge in [0.15, 0.2) is 0 Å². The van der Waals surface area contributed by atoms with Crippen LogP contribution < -0.4 is 16.4 Å². The van der Waals surface area contributed by atoms with Gasteiger partial charge in [-0.1, -0.05) is 56.6 Å². The third-order valence-corrected chi connectivity index (χ3v) is 7.60. The SMILES string of the molecule is C\C=C/C(=C\C=C\CC)c1cnc(/C(=C\N)C(=O)Nc2cc(NC(=O)C3CN(C4CCCCC4)C3)cnc2C)cn1. The first-order valence-electron chi connectivity index (χ1n) is 14.5. The maximum Gasteiger partial charge on any atom is 0.259 e. The molecule has 2 aromatic heterocycles. The number of carbonyl (C=O) groups excluding carboxylic acids is 2. The highest BCUT2D eigenvalue weighted by Crippen LogP contribution is 2.29. The molecule has 0 aromatic carbocycles. The van der Waals surface area contributed by atoms with Crippen LogP contribution >= 0.6 is 0 Å². The molecule has 0 atom stereocenters. The van der Waals surface area contributed by atoms with Crippen LogP contribution in [-0.4, -0.2) is 50.8 Å². The molecule has 2 fully saturated rings. The van der Waals surface area contributed by atoms with Crippen molar-refractivity contribution in [2.75, 3.05) is 23.7 Å². The summed E-state index contributed by atoms with van der Waals surface area (Å²) in [5.41, 5.74) is 9.59. The van der Waals surface area contributed by atoms with Crippen molar-refractivity contribution in [3.63, 3.8) is 0 Å². The zero-order chi connectivity index (χ0) is 29.2. The topological polar surface area (TPSA) is 126 Å². The molecule has 2 aromatic rings. The van der Waals surface area contributed by atoms with Gasteiger partial charge in [0, 0.05) is 30.9 Å². The quantitative estimate of drug-likeness (QED) is 0.270. The van der Waals surface area contributed by atoms with Crippen LogP contribution in [0.5, 0.6) is 0 Å². The van der Waals surface area contributed by atoms with Gasteiger partial charge in [0.05, 0.1) is 58.5 Å². The molecule has 0 spiro atoms. The molecule has 41 heavy (non-hydrogen) atoms. The third kappa shape index (κ3) is 7.76. The lowest BCUT2D eigenvalue weighted by atomic mass is 9.88. The lowest BCUT2D eigenvalue weighted by Crippen LogP contribution is -2.56. The van der Waals surface area contributed by atoms with Crippen LogP contribution in [0.3, 0.4) is 0 Å². The fourth-order valence-corrected chi connectivity index (χ4v) is 5.19. The van der Waals surface area contributed by atoms with Gasteiger partial charge in [0.2, 0.25) is 5.91 Å². The summed E-state index contributed by atoms with van der Waals surface area (Å²) in [5.74, 6) is -0.495. The minimum absolute atomic E-state index is 0.0191. The van der Waals surface area contributed by atoms with Crippen molar-refractivity contribution >= 4 is 34.3 Å². The standard InChI is InChI=1S/C32H41N7O2/c1-4-6-8-12-23(11-5-2)29-18-36-30(19-35-29)27(16-33)32(41)38-28-15-25(17-34-22(28)3)37-31(40)24-20-39(21-24)26-13-9-7-10-14-26/h5-6,8,11-12,15-19,24,26H,4,7,9-10,13-14,20-21,33H2,1-3H3,(H,37,40)(H,38,41)/b8-6+,11-5-,23-12+,27-16+. The highest BCUT2D eigenvalue weighted by Gasteiger charge is 2.37. The molecule has 1 aliphatic heterocycles. The minimum atomic E-state index is -0.444. The summed E-state index contributed by atoms with van der Waals surface area (Å²) in [6.07, 6.45) is 23.2. The molecule has 0 unspecified atom stereocenters. The summed E-state index contributed by atoms with van der Waals surface area (Å²) in [6.45, 7) is 7.40. The van der Waals surface area contributed by atoms with Crippen LogP contribution in [0.25, 0.3) is 11.1 Å². The maximum atomic E-state index is 13.2. The average molecular weight is 556 g/mol. The Labute approximate surface area is 242 Å². The van der Waals surface area contributed by atoms with Gasteiger partial charge in [-0.15, -0.1) is 0 Å². The Morgan fingerprint density at radius 2 is 1.78 bits per heavy atom. The number of nitrogens with zero attached hydrogens (tertiary/aromatic N) is 4. The van der Waals surface area contributed by atoms with E-state index in [1.807, 2.05) is 31.2 Å². The molecule has 216 valence electrons. The van der Waals surface area contributed by atoms with E-state index in [-0.39, 0.29) is 17.4 Å². The van der Waals surface area contributed by atoms with Crippen LogP contribution in [0.15, 0.2) is 61.2 Å². The number of allylic oxidation sites excluding steroid dienone is 6. The highest BCUT2D eigenvalue weighted by atomic mass is 16.2. The number of likely N-dealkylation sites (tertiary alicyclic amines) is 1. The molecule has 0 bridgehead atoms. The monoisotopic (exact) mass is 555 g/mol. The van der Waals surface area contributed by atoms with Gasteiger partial charge in [-0.3, -0.25) is 29.4 Å². The molecule has 1 aliphatic carbocycles. The second kappa shape index (κ2) is 14.5. The van der Waals surface area contributed by atoms with E-state index in [9.17, 15) is 9.59 Å². The summed E-state index contributed by atoms with van der Waals surface area (Å²) in [6, 6.07) is 2.34. The van der Waals surface area contributed by atoms with E-state index in [1.54, 1.807) is 25.4 Å². The van der Waals surface area contributed by atoms with E-state index >= 15 is 0 Å². The first-order valence-corrected chi connectivity index (χ1v) is 14.5. The predicted octanol–water partition coefficient (Wildman–Crippen LogP) is 5.25. The van der Waals surface area contributed by atoms with E-state index in [0.29, 0.717) is 34.5 Å². The summed E-state index contributed by atoms with van der Waals surface area (Å²) < 4.78 is 0. The molecule has 1 saturated carbocycles. The van der Waals surface area contributed by atoms with E-state index in [2.05, 4.69) is 43.5 Å². The molecule has 9 heteroatoms. The van der Waals surface area contributed by atoms with E-state index in [1.165, 1.54) is 44.5 Å². The molecular weight excluding hydrogens is 514 g/mol. The smallest absolute Gasteiger partial charge is 0.259 e. The summed E-state index contributed by atoms with van der Waals surface area (Å²) >= 11 is 0. The maximum absolute atomic E-state index is 13.2. The van der Waals surface area contributed by atoms with E-state index in [4.69, 9.17) is 5.73 Å². The van der Waals surface area contributed by atoms with Gasteiger partial charge < -0.3 is 16.4 Å². The second-order valence-electron chi connectivity index (χ2n) is 10.6. The normalized spacial score (nSPS) is 17.6. The first kappa shape index (κ1) is 29.9. The Morgan fingerprint density at radius 1 is 1.05 bits per heavy atom. The van der Waals surface area contributed by atoms with Gasteiger partial charge in [-0.2, -0.15) is 0 Å². The molecule has 4 N–H and O–H groups in total. The Kier molecular flexibility index (Phi) is 10.6. The number of rotatable bonds is 10. The van der Waals surface area contributed by atoms with Crippen LogP contribution in [0.2, 0.25) is 0 Å². The average Bonchev–Trinajstić information content (AvgIpc) is 2.95. The van der Waals surface area contributed by atoms with E-state index < -0.39 is 5.91 Å².